The van der Waals surface area contributed by atoms with Gasteiger partial charge in [-0.3, -0.25) is 14.5 Å². The molecule has 3 aliphatic rings. The number of hydrogen-bond acceptors (Lipinski definition) is 9. The van der Waals surface area contributed by atoms with Crippen molar-refractivity contribution in [2.45, 2.75) is 57.2 Å². The summed E-state index contributed by atoms with van der Waals surface area (Å²) < 4.78 is 63.3. The maximum absolute atomic E-state index is 14.1. The van der Waals surface area contributed by atoms with Gasteiger partial charge in [-0.15, -0.1) is 0 Å². The Balaban J connectivity index is 1.03. The van der Waals surface area contributed by atoms with Crippen LogP contribution in [0.25, 0.3) is 0 Å². The zero-order chi connectivity index (χ0) is 38.1. The van der Waals surface area contributed by atoms with Gasteiger partial charge in [0.2, 0.25) is 17.4 Å². The van der Waals surface area contributed by atoms with E-state index < -0.39 is 42.0 Å². The highest BCUT2D eigenvalue weighted by molar-refractivity contribution is 6.29. The Bertz CT molecular complexity index is 2060. The number of ether oxygens (including phenoxy) is 4. The highest BCUT2D eigenvalue weighted by Gasteiger charge is 2.63. The molecule has 4 aromatic rings. The zero-order valence-corrected chi connectivity index (χ0v) is 29.3. The minimum atomic E-state index is -4.89. The molecule has 0 radical (unpaired) electrons. The monoisotopic (exact) mass is 743 g/mol. The Hall–Kier alpha value is -5.92. The molecule has 1 spiro atoms. The molecule has 0 atom stereocenters. The van der Waals surface area contributed by atoms with E-state index in [2.05, 4.69) is 9.72 Å². The first-order chi connectivity index (χ1) is 25.9. The predicted molar refractivity (Wildman–Crippen MR) is 186 cm³/mol. The third-order valence-electron chi connectivity index (χ3n) is 10.3. The second-order valence-corrected chi connectivity index (χ2v) is 13.8. The number of anilines is 1. The average Bonchev–Trinajstić information content (AvgIpc) is 3.50. The molecule has 1 aromatic heterocycles. The van der Waals surface area contributed by atoms with Gasteiger partial charge < -0.3 is 23.8 Å². The van der Waals surface area contributed by atoms with Gasteiger partial charge in [-0.05, 0) is 66.6 Å². The number of benzene rings is 3. The van der Waals surface area contributed by atoms with E-state index in [4.69, 9.17) is 14.2 Å². The van der Waals surface area contributed by atoms with E-state index in [9.17, 15) is 32.3 Å². The molecule has 1 saturated carbocycles. The lowest BCUT2D eigenvalue weighted by Crippen LogP contribution is -2.63. The number of esters is 2. The summed E-state index contributed by atoms with van der Waals surface area (Å²) in [6.45, 7) is 1.08. The number of carbonyl (C=O) groups excluding carboxylic acids is 4. The van der Waals surface area contributed by atoms with Crippen LogP contribution in [0, 0.1) is 5.41 Å². The first-order valence-corrected chi connectivity index (χ1v) is 17.4. The summed E-state index contributed by atoms with van der Waals surface area (Å²) >= 11 is 0. The molecule has 14 heteroatoms. The van der Waals surface area contributed by atoms with Crippen molar-refractivity contribution < 1.29 is 51.3 Å². The lowest BCUT2D eigenvalue weighted by atomic mass is 9.64. The van der Waals surface area contributed by atoms with Crippen molar-refractivity contribution in [2.75, 3.05) is 25.1 Å². The maximum Gasteiger partial charge on any atom is 0.428 e. The van der Waals surface area contributed by atoms with Crippen LogP contribution < -0.4 is 14.4 Å². The largest absolute Gasteiger partial charge is 0.473 e. The minimum Gasteiger partial charge on any atom is -0.473 e. The Morgan fingerprint density at radius 3 is 2.04 bits per heavy atom. The van der Waals surface area contributed by atoms with Crippen molar-refractivity contribution in [3.63, 3.8) is 0 Å². The van der Waals surface area contributed by atoms with E-state index in [-0.39, 0.29) is 63.4 Å². The van der Waals surface area contributed by atoms with Gasteiger partial charge in [0.1, 0.15) is 18.9 Å². The van der Waals surface area contributed by atoms with Crippen molar-refractivity contribution >= 4 is 29.4 Å². The molecular weight excluding hydrogens is 707 g/mol. The molecule has 11 nitrogen and oxygen atoms in total. The lowest BCUT2D eigenvalue weighted by molar-refractivity contribution is -0.286. The second-order valence-electron chi connectivity index (χ2n) is 13.8. The van der Waals surface area contributed by atoms with E-state index in [1.165, 1.54) is 4.90 Å². The molecule has 3 aromatic carbocycles. The number of fused-ring (bicyclic) bond motifs is 1. The van der Waals surface area contributed by atoms with Crippen LogP contribution in [0.3, 0.4) is 0 Å². The number of rotatable bonds is 9. The number of hydrogen-bond donors (Lipinski definition) is 0. The maximum atomic E-state index is 14.1. The number of halogens is 3. The van der Waals surface area contributed by atoms with Crippen molar-refractivity contribution in [3.8, 4) is 11.8 Å². The summed E-state index contributed by atoms with van der Waals surface area (Å²) in [5.41, 5.74) is 0.302. The molecule has 0 N–H and O–H groups in total. The number of carbonyl (C=O) groups is 4. The third-order valence-corrected chi connectivity index (χ3v) is 10.3. The van der Waals surface area contributed by atoms with Gasteiger partial charge in [-0.25, -0.2) is 9.59 Å². The fourth-order valence-electron chi connectivity index (χ4n) is 7.25. The van der Waals surface area contributed by atoms with E-state index in [1.807, 2.05) is 60.7 Å². The predicted octanol–water partition coefficient (Wildman–Crippen LogP) is 6.43. The van der Waals surface area contributed by atoms with Gasteiger partial charge in [0, 0.05) is 35.7 Å². The molecular formula is C40H36F3N3O8. The number of aromatic nitrogens is 1. The van der Waals surface area contributed by atoms with E-state index >= 15 is 0 Å². The number of alkyl halides is 3. The topological polar surface area (TPSA) is 125 Å². The van der Waals surface area contributed by atoms with Gasteiger partial charge in [0.25, 0.3) is 11.8 Å². The minimum absolute atomic E-state index is 0.0389. The number of pyridine rings is 1. The Kier molecular flexibility index (Phi) is 9.77. The summed E-state index contributed by atoms with van der Waals surface area (Å²) in [5, 5.41) is 0. The first-order valence-electron chi connectivity index (χ1n) is 17.4. The van der Waals surface area contributed by atoms with Gasteiger partial charge in [-0.1, -0.05) is 60.7 Å². The van der Waals surface area contributed by atoms with Gasteiger partial charge in [0.05, 0.1) is 13.7 Å². The zero-order valence-electron chi connectivity index (χ0n) is 29.3. The van der Waals surface area contributed by atoms with Crippen LogP contribution >= 0.6 is 0 Å². The Morgan fingerprint density at radius 2 is 1.43 bits per heavy atom. The first kappa shape index (κ1) is 36.4. The molecule has 54 heavy (non-hydrogen) atoms. The van der Waals surface area contributed by atoms with Crippen molar-refractivity contribution in [1.82, 2.24) is 9.88 Å². The molecule has 280 valence electrons. The Labute approximate surface area is 308 Å². The van der Waals surface area contributed by atoms with Crippen LogP contribution in [0.5, 0.6) is 11.8 Å². The highest BCUT2D eigenvalue weighted by atomic mass is 19.4. The second kappa shape index (κ2) is 14.5. The van der Waals surface area contributed by atoms with Crippen LogP contribution in [-0.4, -0.2) is 65.6 Å². The molecule has 1 saturated heterocycles. The number of nitrogens with zero attached hydrogens (tertiary/aromatic N) is 3. The van der Waals surface area contributed by atoms with E-state index in [0.29, 0.717) is 28.3 Å². The number of likely N-dealkylation sites (tertiary alicyclic amines) is 1. The Morgan fingerprint density at radius 1 is 0.796 bits per heavy atom. The van der Waals surface area contributed by atoms with Gasteiger partial charge in [-0.2, -0.15) is 18.2 Å². The van der Waals surface area contributed by atoms with Crippen LogP contribution in [0.4, 0.5) is 18.9 Å². The van der Waals surface area contributed by atoms with E-state index in [0.717, 1.165) is 18.2 Å². The molecule has 0 unspecified atom stereocenters. The molecule has 2 aliphatic heterocycles. The quantitative estimate of drug-likeness (QED) is 0.141. The van der Waals surface area contributed by atoms with Crippen molar-refractivity contribution in [3.05, 3.63) is 119 Å². The van der Waals surface area contributed by atoms with Gasteiger partial charge in [0.15, 0.2) is 0 Å². The SMILES string of the molecule is COC(=O)C(=O)OC1(C(F)(F)F)CCC2(CC1)CN(C(=O)c1ccc3c(c1)CN(c1ccc(OCc4ccccc4)nc1OCc1ccccc1)C3=O)C2. The fraction of sp³-hybridized carbons (Fsp3) is 0.325. The normalized spacial score (nSPS) is 17.0. The molecule has 1 aliphatic carbocycles. The van der Waals surface area contributed by atoms with Crippen molar-refractivity contribution in [1.29, 1.82) is 0 Å². The summed E-state index contributed by atoms with van der Waals surface area (Å²) in [4.78, 5) is 58.5. The summed E-state index contributed by atoms with van der Waals surface area (Å²) in [6.07, 6.45) is -5.89. The lowest BCUT2D eigenvalue weighted by Gasteiger charge is -2.55. The smallest absolute Gasteiger partial charge is 0.428 e. The molecule has 2 amide bonds. The van der Waals surface area contributed by atoms with Crippen LogP contribution in [0.1, 0.15) is 63.1 Å². The summed E-state index contributed by atoms with van der Waals surface area (Å²) in [7, 11) is 0.882. The summed E-state index contributed by atoms with van der Waals surface area (Å²) in [5.74, 6) is -3.28. The van der Waals surface area contributed by atoms with Crippen LogP contribution in [-0.2, 0) is 38.8 Å². The van der Waals surface area contributed by atoms with Crippen LogP contribution in [0.2, 0.25) is 0 Å². The molecule has 3 heterocycles. The number of methoxy groups -OCH3 is 1. The van der Waals surface area contributed by atoms with Crippen LogP contribution in [0.15, 0.2) is 91.0 Å². The molecule has 0 bridgehead atoms. The van der Waals surface area contributed by atoms with Crippen molar-refractivity contribution in [2.24, 2.45) is 5.41 Å². The van der Waals surface area contributed by atoms with E-state index in [1.54, 1.807) is 35.2 Å². The fourth-order valence-corrected chi connectivity index (χ4v) is 7.25. The van der Waals surface area contributed by atoms with Gasteiger partial charge >= 0.3 is 18.1 Å². The highest BCUT2D eigenvalue weighted by Crippen LogP contribution is 2.53. The molecule has 2 fully saturated rings. The third kappa shape index (κ3) is 7.20. The number of amides is 2. The molecule has 7 rings (SSSR count). The average molecular weight is 744 g/mol. The summed E-state index contributed by atoms with van der Waals surface area (Å²) in [6, 6.07) is 27.4. The standard InChI is InChI=1S/C40H36F3N3O8/c1-51-36(49)37(50)54-39(40(41,42)43)18-16-38(17-19-39)24-45(25-38)34(47)28-12-13-30-29(20-28)21-46(35(30)48)31-14-15-32(52-22-26-8-4-2-5-9-26)44-33(31)53-23-27-10-6-3-7-11-27/h2-15,20H,16-19,21-25H2,1H3.